The SMILES string of the molecule is O=C1NC(=S)N/C1=C/c1ccc(OCc2ccc(Cl)cc2Cl)cc1. The van der Waals surface area contributed by atoms with Gasteiger partial charge in [0.15, 0.2) is 5.11 Å². The molecule has 7 heteroatoms. The average molecular weight is 379 g/mol. The van der Waals surface area contributed by atoms with E-state index in [0.717, 1.165) is 11.1 Å². The second-order valence-electron chi connectivity index (χ2n) is 5.06. The second-order valence-corrected chi connectivity index (χ2v) is 6.31. The van der Waals surface area contributed by atoms with Gasteiger partial charge in [0.2, 0.25) is 0 Å². The number of halogens is 2. The van der Waals surface area contributed by atoms with Crippen LogP contribution < -0.4 is 15.4 Å². The molecule has 0 unspecified atom stereocenters. The van der Waals surface area contributed by atoms with E-state index in [0.29, 0.717) is 33.2 Å². The number of hydrogen-bond donors (Lipinski definition) is 2. The number of thiocarbonyl (C=S) groups is 1. The molecule has 2 aromatic carbocycles. The van der Waals surface area contributed by atoms with Gasteiger partial charge in [-0.3, -0.25) is 10.1 Å². The number of ether oxygens (including phenoxy) is 1. The van der Waals surface area contributed by atoms with Gasteiger partial charge in [-0.15, -0.1) is 0 Å². The summed E-state index contributed by atoms with van der Waals surface area (Å²) in [6.45, 7) is 0.342. The Hall–Kier alpha value is -2.08. The number of benzene rings is 2. The van der Waals surface area contributed by atoms with Crippen molar-refractivity contribution in [2.75, 3.05) is 0 Å². The summed E-state index contributed by atoms with van der Waals surface area (Å²) in [6.07, 6.45) is 1.72. The molecule has 4 nitrogen and oxygen atoms in total. The van der Waals surface area contributed by atoms with E-state index in [1.165, 1.54) is 0 Å². The first kappa shape index (κ1) is 16.8. The summed E-state index contributed by atoms with van der Waals surface area (Å²) in [4.78, 5) is 11.6. The van der Waals surface area contributed by atoms with E-state index in [1.807, 2.05) is 30.3 Å². The lowest BCUT2D eigenvalue weighted by atomic mass is 10.2. The minimum Gasteiger partial charge on any atom is -0.489 e. The average Bonchev–Trinajstić information content (AvgIpc) is 2.85. The predicted molar refractivity (Wildman–Crippen MR) is 99.1 cm³/mol. The van der Waals surface area contributed by atoms with Gasteiger partial charge < -0.3 is 10.1 Å². The third-order valence-corrected chi connectivity index (χ3v) is 4.11. The lowest BCUT2D eigenvalue weighted by molar-refractivity contribution is -0.115. The molecule has 0 radical (unpaired) electrons. The molecule has 1 heterocycles. The maximum Gasteiger partial charge on any atom is 0.273 e. The van der Waals surface area contributed by atoms with Gasteiger partial charge in [0.1, 0.15) is 18.1 Å². The smallest absolute Gasteiger partial charge is 0.273 e. The van der Waals surface area contributed by atoms with Gasteiger partial charge in [0.25, 0.3) is 5.91 Å². The summed E-state index contributed by atoms with van der Waals surface area (Å²) in [7, 11) is 0. The largest absolute Gasteiger partial charge is 0.489 e. The maximum absolute atomic E-state index is 11.6. The van der Waals surface area contributed by atoms with E-state index in [9.17, 15) is 4.79 Å². The highest BCUT2D eigenvalue weighted by Gasteiger charge is 2.19. The first-order chi connectivity index (χ1) is 11.5. The van der Waals surface area contributed by atoms with Crippen molar-refractivity contribution in [2.45, 2.75) is 6.61 Å². The van der Waals surface area contributed by atoms with Crippen LogP contribution in [0.2, 0.25) is 10.0 Å². The van der Waals surface area contributed by atoms with Crippen LogP contribution in [-0.4, -0.2) is 11.0 Å². The maximum atomic E-state index is 11.6. The molecule has 2 aromatic rings. The fourth-order valence-electron chi connectivity index (χ4n) is 2.11. The van der Waals surface area contributed by atoms with Crippen LogP contribution in [0.1, 0.15) is 11.1 Å². The standard InChI is InChI=1S/C17H12Cl2N2O2S/c18-12-4-3-11(14(19)8-12)9-23-13-5-1-10(2-6-13)7-15-16(22)21-17(24)20-15/h1-8H,9H2,(H2,20,21,22,24)/b15-7+. The molecule has 1 saturated heterocycles. The first-order valence-electron chi connectivity index (χ1n) is 7.02. The minimum atomic E-state index is -0.238. The number of hydrogen-bond acceptors (Lipinski definition) is 3. The Labute approximate surface area is 154 Å². The van der Waals surface area contributed by atoms with E-state index in [4.69, 9.17) is 40.2 Å². The Morgan fingerprint density at radius 2 is 1.83 bits per heavy atom. The molecule has 0 spiro atoms. The quantitative estimate of drug-likeness (QED) is 0.625. The zero-order valence-corrected chi connectivity index (χ0v) is 14.6. The summed E-state index contributed by atoms with van der Waals surface area (Å²) in [5.74, 6) is 0.459. The van der Waals surface area contributed by atoms with Gasteiger partial charge in [-0.05, 0) is 48.1 Å². The summed E-state index contributed by atoms with van der Waals surface area (Å²) < 4.78 is 5.71. The molecule has 1 aliphatic heterocycles. The van der Waals surface area contributed by atoms with Crippen LogP contribution in [0.5, 0.6) is 5.75 Å². The Kier molecular flexibility index (Phi) is 5.04. The Balaban J connectivity index is 1.65. The van der Waals surface area contributed by atoms with Crippen molar-refractivity contribution in [3.8, 4) is 5.75 Å². The normalized spacial score (nSPS) is 15.3. The van der Waals surface area contributed by atoms with Crippen LogP contribution in [0.15, 0.2) is 48.2 Å². The van der Waals surface area contributed by atoms with Crippen LogP contribution >= 0.6 is 35.4 Å². The van der Waals surface area contributed by atoms with Crippen molar-refractivity contribution in [3.63, 3.8) is 0 Å². The van der Waals surface area contributed by atoms with Crippen molar-refractivity contribution in [1.82, 2.24) is 10.6 Å². The summed E-state index contributed by atoms with van der Waals surface area (Å²) >= 11 is 16.9. The topological polar surface area (TPSA) is 50.4 Å². The van der Waals surface area contributed by atoms with Gasteiger partial charge in [0.05, 0.1) is 0 Å². The number of nitrogens with one attached hydrogen (secondary N) is 2. The van der Waals surface area contributed by atoms with Crippen molar-refractivity contribution in [1.29, 1.82) is 0 Å². The Bertz CT molecular complexity index is 835. The van der Waals surface area contributed by atoms with E-state index in [2.05, 4.69) is 10.6 Å². The van der Waals surface area contributed by atoms with E-state index < -0.39 is 0 Å². The van der Waals surface area contributed by atoms with E-state index in [1.54, 1.807) is 18.2 Å². The molecule has 1 aliphatic rings. The van der Waals surface area contributed by atoms with Crippen LogP contribution in [0.3, 0.4) is 0 Å². The van der Waals surface area contributed by atoms with Gasteiger partial charge >= 0.3 is 0 Å². The fraction of sp³-hybridized carbons (Fsp3) is 0.0588. The van der Waals surface area contributed by atoms with E-state index >= 15 is 0 Å². The van der Waals surface area contributed by atoms with Crippen molar-refractivity contribution in [2.24, 2.45) is 0 Å². The van der Waals surface area contributed by atoms with Gasteiger partial charge in [-0.1, -0.05) is 41.4 Å². The van der Waals surface area contributed by atoms with Crippen LogP contribution in [0, 0.1) is 0 Å². The molecule has 1 fully saturated rings. The molecule has 0 atom stereocenters. The molecule has 0 aliphatic carbocycles. The van der Waals surface area contributed by atoms with Gasteiger partial charge in [-0.25, -0.2) is 0 Å². The number of carbonyl (C=O) groups is 1. The number of amides is 1. The van der Waals surface area contributed by atoms with Crippen molar-refractivity contribution < 1.29 is 9.53 Å². The van der Waals surface area contributed by atoms with Crippen molar-refractivity contribution >= 4 is 52.5 Å². The van der Waals surface area contributed by atoms with Gasteiger partial charge in [0, 0.05) is 15.6 Å². The van der Waals surface area contributed by atoms with Crippen LogP contribution in [0.25, 0.3) is 6.08 Å². The van der Waals surface area contributed by atoms with E-state index in [-0.39, 0.29) is 5.91 Å². The third kappa shape index (κ3) is 4.06. The molecule has 0 aromatic heterocycles. The molecule has 0 saturated carbocycles. The lowest BCUT2D eigenvalue weighted by Gasteiger charge is -2.08. The molecule has 122 valence electrons. The number of rotatable bonds is 4. The van der Waals surface area contributed by atoms with Gasteiger partial charge in [-0.2, -0.15) is 0 Å². The minimum absolute atomic E-state index is 0.238. The Morgan fingerprint density at radius 1 is 1.08 bits per heavy atom. The highest BCUT2D eigenvalue weighted by molar-refractivity contribution is 7.80. The summed E-state index contributed by atoms with van der Waals surface area (Å²) in [5.41, 5.74) is 2.13. The zero-order valence-electron chi connectivity index (χ0n) is 12.3. The first-order valence-corrected chi connectivity index (χ1v) is 8.18. The summed E-state index contributed by atoms with van der Waals surface area (Å²) in [6, 6.07) is 12.6. The molecule has 3 rings (SSSR count). The summed E-state index contributed by atoms with van der Waals surface area (Å²) in [5, 5.41) is 6.78. The highest BCUT2D eigenvalue weighted by Crippen LogP contribution is 2.23. The third-order valence-electron chi connectivity index (χ3n) is 3.32. The molecule has 0 bridgehead atoms. The monoisotopic (exact) mass is 378 g/mol. The molecular formula is C17H12Cl2N2O2S. The van der Waals surface area contributed by atoms with Crippen molar-refractivity contribution in [3.05, 3.63) is 69.3 Å². The lowest BCUT2D eigenvalue weighted by Crippen LogP contribution is -2.21. The molecule has 2 N–H and O–H groups in total. The molecular weight excluding hydrogens is 367 g/mol. The Morgan fingerprint density at radius 3 is 2.46 bits per heavy atom. The zero-order chi connectivity index (χ0) is 17.1. The predicted octanol–water partition coefficient (Wildman–Crippen LogP) is 3.92. The van der Waals surface area contributed by atoms with Crippen LogP contribution in [0.4, 0.5) is 0 Å². The van der Waals surface area contributed by atoms with Crippen LogP contribution in [-0.2, 0) is 11.4 Å². The molecule has 1 amide bonds. The number of carbonyl (C=O) groups excluding carboxylic acids is 1. The highest BCUT2D eigenvalue weighted by atomic mass is 35.5. The fourth-order valence-corrected chi connectivity index (χ4v) is 2.77. The second kappa shape index (κ2) is 7.21. The molecule has 24 heavy (non-hydrogen) atoms.